The van der Waals surface area contributed by atoms with E-state index in [4.69, 9.17) is 9.97 Å². The molecule has 46 heavy (non-hydrogen) atoms. The summed E-state index contributed by atoms with van der Waals surface area (Å²) in [5, 5.41) is 4.21. The molecule has 6 rings (SSSR count). The highest BCUT2D eigenvalue weighted by Crippen LogP contribution is 2.39. The zero-order valence-electron chi connectivity index (χ0n) is 25.6. The van der Waals surface area contributed by atoms with E-state index < -0.39 is 16.8 Å². The van der Waals surface area contributed by atoms with Crippen molar-refractivity contribution >= 4 is 51.4 Å². The average molecular weight is 657 g/mol. The summed E-state index contributed by atoms with van der Waals surface area (Å²) < 4.78 is 30.0. The van der Waals surface area contributed by atoms with Gasteiger partial charge in [0.1, 0.15) is 11.6 Å². The van der Waals surface area contributed by atoms with Crippen LogP contribution < -0.4 is 14.9 Å². The van der Waals surface area contributed by atoms with E-state index in [1.165, 1.54) is 12.1 Å². The molecular weight excluding hydrogens is 624 g/mol. The van der Waals surface area contributed by atoms with Gasteiger partial charge in [-0.05, 0) is 42.5 Å². The van der Waals surface area contributed by atoms with Crippen molar-refractivity contribution in [1.29, 1.82) is 0 Å². The lowest BCUT2D eigenvalue weighted by atomic mass is 10.1. The van der Waals surface area contributed by atoms with E-state index in [0.717, 1.165) is 45.7 Å². The molecule has 3 aromatic heterocycles. The summed E-state index contributed by atoms with van der Waals surface area (Å²) in [6.45, 7) is 8.63. The molecule has 2 N–H and O–H groups in total. The molecule has 13 heteroatoms. The third-order valence-electron chi connectivity index (χ3n) is 7.46. The van der Waals surface area contributed by atoms with Crippen LogP contribution in [-0.4, -0.2) is 61.1 Å². The number of amides is 1. The van der Waals surface area contributed by atoms with Gasteiger partial charge in [-0.15, -0.1) is 11.3 Å². The smallest absolute Gasteiger partial charge is 0.227 e. The molecule has 1 fully saturated rings. The molecule has 0 spiro atoms. The van der Waals surface area contributed by atoms with Crippen LogP contribution in [0.2, 0.25) is 0 Å². The highest BCUT2D eigenvalue weighted by Gasteiger charge is 2.21. The Bertz CT molecular complexity index is 1870. The first-order chi connectivity index (χ1) is 22.2. The molecule has 0 saturated carbocycles. The Morgan fingerprint density at radius 1 is 0.957 bits per heavy atom. The van der Waals surface area contributed by atoms with Crippen molar-refractivity contribution in [2.75, 3.05) is 41.1 Å². The Balaban J connectivity index is 1.22. The fourth-order valence-corrected chi connectivity index (χ4v) is 6.97. The Hall–Kier alpha value is -4.75. The SMILES string of the molecule is CC(=O)N1CCN(c2ccc(Nc3nccc(-c4sc(C(C)C)nc4-c4cccc(NS(=O)c5ccccc5F)c4)n3)cn2)CC1. The van der Waals surface area contributed by atoms with Gasteiger partial charge in [-0.3, -0.25) is 4.79 Å². The first-order valence-electron chi connectivity index (χ1n) is 14.9. The van der Waals surface area contributed by atoms with E-state index in [1.807, 2.05) is 41.3 Å². The first-order valence-corrected chi connectivity index (χ1v) is 16.8. The van der Waals surface area contributed by atoms with E-state index in [2.05, 4.69) is 38.8 Å². The number of hydrogen-bond donors (Lipinski definition) is 2. The molecule has 1 aliphatic heterocycles. The van der Waals surface area contributed by atoms with Gasteiger partial charge in [0.15, 0.2) is 11.0 Å². The highest BCUT2D eigenvalue weighted by atomic mass is 32.2. The first kappa shape index (κ1) is 31.2. The van der Waals surface area contributed by atoms with E-state index in [0.29, 0.717) is 30.4 Å². The normalized spacial score (nSPS) is 13.9. The Labute approximate surface area is 273 Å². The molecule has 236 valence electrons. The van der Waals surface area contributed by atoms with E-state index in [-0.39, 0.29) is 16.7 Å². The van der Waals surface area contributed by atoms with Crippen LogP contribution in [0.1, 0.15) is 31.7 Å². The van der Waals surface area contributed by atoms with Crippen molar-refractivity contribution in [3.05, 3.63) is 89.9 Å². The zero-order chi connectivity index (χ0) is 32.2. The number of pyridine rings is 1. The molecule has 0 aliphatic carbocycles. The van der Waals surface area contributed by atoms with Gasteiger partial charge in [0, 0.05) is 56.5 Å². The number of benzene rings is 2. The molecule has 1 saturated heterocycles. The van der Waals surface area contributed by atoms with Gasteiger partial charge in [0.25, 0.3) is 0 Å². The van der Waals surface area contributed by atoms with Crippen molar-refractivity contribution in [1.82, 2.24) is 24.8 Å². The van der Waals surface area contributed by atoms with Crippen LogP contribution in [0.5, 0.6) is 0 Å². The summed E-state index contributed by atoms with van der Waals surface area (Å²) in [6.07, 6.45) is 3.45. The van der Waals surface area contributed by atoms with Crippen LogP contribution in [0.4, 0.5) is 27.5 Å². The van der Waals surface area contributed by atoms with Gasteiger partial charge in [-0.25, -0.2) is 28.5 Å². The standard InChI is InChI=1S/C33H33FN8O2S2/c1-21(2)32-39-30(23-7-6-8-24(19-23)40-46(44)28-10-5-4-9-26(28)34)31(45-32)27-13-14-35-33(38-27)37-25-11-12-29(36-20-25)42-17-15-41(16-18-42)22(3)43/h4-14,19-21,40H,15-18H2,1-3H3,(H,35,37,38). The summed E-state index contributed by atoms with van der Waals surface area (Å²) >= 11 is 1.57. The number of anilines is 4. The molecule has 10 nitrogen and oxygen atoms in total. The molecule has 1 aliphatic rings. The number of carbonyl (C=O) groups excluding carboxylic acids is 1. The molecule has 0 bridgehead atoms. The number of halogens is 1. The van der Waals surface area contributed by atoms with E-state index in [1.54, 1.807) is 48.9 Å². The molecule has 4 heterocycles. The van der Waals surface area contributed by atoms with Gasteiger partial charge in [0.05, 0.1) is 38.1 Å². The fraction of sp³-hybridized carbons (Fsp3) is 0.242. The zero-order valence-corrected chi connectivity index (χ0v) is 27.2. The van der Waals surface area contributed by atoms with Gasteiger partial charge in [0.2, 0.25) is 11.9 Å². The second kappa shape index (κ2) is 13.7. The minimum Gasteiger partial charge on any atom is -0.353 e. The van der Waals surface area contributed by atoms with Crippen molar-refractivity contribution < 1.29 is 13.4 Å². The second-order valence-electron chi connectivity index (χ2n) is 11.1. The summed E-state index contributed by atoms with van der Waals surface area (Å²) in [7, 11) is -1.78. The van der Waals surface area contributed by atoms with Crippen LogP contribution >= 0.6 is 11.3 Å². The summed E-state index contributed by atoms with van der Waals surface area (Å²) in [4.78, 5) is 35.5. The number of thiazole rings is 1. The number of carbonyl (C=O) groups is 1. The number of rotatable bonds is 9. The van der Waals surface area contributed by atoms with Crippen LogP contribution in [0.3, 0.4) is 0 Å². The quantitative estimate of drug-likeness (QED) is 0.186. The minimum absolute atomic E-state index is 0.0858. The van der Waals surface area contributed by atoms with Crippen molar-refractivity contribution in [2.45, 2.75) is 31.6 Å². The van der Waals surface area contributed by atoms with Crippen LogP contribution in [0.15, 0.2) is 84.0 Å². The maximum absolute atomic E-state index is 14.2. The Kier molecular flexibility index (Phi) is 9.31. The Morgan fingerprint density at radius 2 is 1.76 bits per heavy atom. The predicted octanol–water partition coefficient (Wildman–Crippen LogP) is 6.47. The largest absolute Gasteiger partial charge is 0.353 e. The molecule has 0 radical (unpaired) electrons. The fourth-order valence-electron chi connectivity index (χ4n) is 5.01. The third kappa shape index (κ3) is 7.05. The Morgan fingerprint density at radius 3 is 2.48 bits per heavy atom. The van der Waals surface area contributed by atoms with Gasteiger partial charge >= 0.3 is 0 Å². The molecule has 2 aromatic carbocycles. The lowest BCUT2D eigenvalue weighted by Gasteiger charge is -2.34. The van der Waals surface area contributed by atoms with Crippen molar-refractivity contribution in [3.8, 4) is 21.8 Å². The lowest BCUT2D eigenvalue weighted by molar-refractivity contribution is -0.129. The van der Waals surface area contributed by atoms with Crippen LogP contribution in [-0.2, 0) is 15.8 Å². The molecular formula is C33H33FN8O2S2. The maximum atomic E-state index is 14.2. The minimum atomic E-state index is -1.78. The molecule has 1 unspecified atom stereocenters. The van der Waals surface area contributed by atoms with Gasteiger partial charge in [-0.2, -0.15) is 0 Å². The molecule has 5 aromatic rings. The molecule has 1 atom stereocenters. The number of piperazine rings is 1. The van der Waals surface area contributed by atoms with E-state index in [9.17, 15) is 13.4 Å². The van der Waals surface area contributed by atoms with Crippen molar-refractivity contribution in [2.24, 2.45) is 0 Å². The average Bonchev–Trinajstić information content (AvgIpc) is 3.52. The number of nitrogens with one attached hydrogen (secondary N) is 2. The monoisotopic (exact) mass is 656 g/mol. The van der Waals surface area contributed by atoms with E-state index >= 15 is 0 Å². The van der Waals surface area contributed by atoms with Gasteiger partial charge < -0.3 is 19.8 Å². The maximum Gasteiger partial charge on any atom is 0.227 e. The lowest BCUT2D eigenvalue weighted by Crippen LogP contribution is -2.48. The third-order valence-corrected chi connectivity index (χ3v) is 9.99. The molecule has 1 amide bonds. The van der Waals surface area contributed by atoms with Crippen LogP contribution in [0.25, 0.3) is 21.8 Å². The number of nitrogens with zero attached hydrogens (tertiary/aromatic N) is 6. The number of hydrogen-bond acceptors (Lipinski definition) is 9. The highest BCUT2D eigenvalue weighted by molar-refractivity contribution is 7.86. The summed E-state index contributed by atoms with van der Waals surface area (Å²) in [5.41, 5.74) is 3.58. The summed E-state index contributed by atoms with van der Waals surface area (Å²) in [6, 6.07) is 19.2. The topological polar surface area (TPSA) is 116 Å². The van der Waals surface area contributed by atoms with Crippen LogP contribution in [0, 0.1) is 5.82 Å². The predicted molar refractivity (Wildman–Crippen MR) is 181 cm³/mol. The second-order valence-corrected chi connectivity index (χ2v) is 13.3. The number of aromatic nitrogens is 4. The van der Waals surface area contributed by atoms with Crippen molar-refractivity contribution in [3.63, 3.8) is 0 Å². The van der Waals surface area contributed by atoms with Gasteiger partial charge in [-0.1, -0.05) is 38.1 Å². The summed E-state index contributed by atoms with van der Waals surface area (Å²) in [5.74, 6) is 1.04.